The van der Waals surface area contributed by atoms with E-state index < -0.39 is 42.4 Å². The fourth-order valence-corrected chi connectivity index (χ4v) is 7.47. The maximum Gasteiger partial charge on any atom is 0.316 e. The zero-order valence-corrected chi connectivity index (χ0v) is 29.8. The van der Waals surface area contributed by atoms with E-state index in [-0.39, 0.29) is 46.7 Å². The lowest BCUT2D eigenvalue weighted by Crippen LogP contribution is -2.62. The number of hydrogen-bond donors (Lipinski definition) is 4. The number of rotatable bonds is 15. The van der Waals surface area contributed by atoms with Crippen LogP contribution >= 0.6 is 0 Å². The lowest BCUT2D eigenvalue weighted by Gasteiger charge is -2.41. The Morgan fingerprint density at radius 3 is 1.50 bits per heavy atom. The van der Waals surface area contributed by atoms with Crippen molar-refractivity contribution in [1.29, 1.82) is 0 Å². The van der Waals surface area contributed by atoms with Crippen LogP contribution in [0, 0.1) is 0 Å². The third-order valence-electron chi connectivity index (χ3n) is 8.20. The smallest absolute Gasteiger partial charge is 0.316 e. The van der Waals surface area contributed by atoms with Crippen LogP contribution in [0.2, 0.25) is 0 Å². The van der Waals surface area contributed by atoms with E-state index in [4.69, 9.17) is 18.9 Å². The minimum atomic E-state index is -4.73. The molecule has 0 fully saturated rings. The second kappa shape index (κ2) is 14.9. The third-order valence-corrected chi connectivity index (χ3v) is 9.87. The van der Waals surface area contributed by atoms with Gasteiger partial charge in [-0.15, -0.1) is 0 Å². The number of phenolic OH excluding ortho intramolecular Hbond substituents is 2. The summed E-state index contributed by atoms with van der Waals surface area (Å²) >= 11 is 0. The molecule has 2 heterocycles. The van der Waals surface area contributed by atoms with Gasteiger partial charge in [0.1, 0.15) is 11.8 Å². The van der Waals surface area contributed by atoms with Crippen LogP contribution in [0.3, 0.4) is 0 Å². The molecule has 0 saturated carbocycles. The van der Waals surface area contributed by atoms with Crippen molar-refractivity contribution < 1.29 is 55.1 Å². The number of anilines is 1. The summed E-state index contributed by atoms with van der Waals surface area (Å²) in [7, 11) is -0.831. The number of hydrogen-bond acceptors (Lipinski definition) is 13. The van der Waals surface area contributed by atoms with Crippen molar-refractivity contribution in [2.75, 3.05) is 65.6 Å². The molecule has 2 atom stereocenters. The van der Waals surface area contributed by atoms with E-state index in [1.165, 1.54) is 66.1 Å². The lowest BCUT2D eigenvalue weighted by atomic mass is 10.1. The molecule has 2 aromatic heterocycles. The Morgan fingerprint density at radius 2 is 1.16 bits per heavy atom. The van der Waals surface area contributed by atoms with Crippen molar-refractivity contribution in [2.24, 2.45) is 0 Å². The topological polar surface area (TPSA) is 215 Å². The largest absolute Gasteiger partial charge is 0.502 e. The molecule has 18 heteroatoms. The SMILES string of the molecule is COc1cc(-c2ccc(N(C)CC(CS(=O)(=O)O)[N+](C)(CS(=O)(=O)O)c3ccc(-c4cc(OC)c(O)c(OC)c4)nc3)cn2)cc(OC)c1O. The number of methoxy groups -OCH3 is 4. The summed E-state index contributed by atoms with van der Waals surface area (Å²) in [4.78, 5) is 10.6. The molecule has 0 aliphatic carbocycles. The number of phenols is 2. The van der Waals surface area contributed by atoms with Gasteiger partial charge in [0.25, 0.3) is 10.1 Å². The maximum atomic E-state index is 12.4. The van der Waals surface area contributed by atoms with Gasteiger partial charge < -0.3 is 34.1 Å². The highest BCUT2D eigenvalue weighted by Crippen LogP contribution is 2.41. The van der Waals surface area contributed by atoms with E-state index >= 15 is 0 Å². The van der Waals surface area contributed by atoms with Gasteiger partial charge in [0.05, 0.1) is 71.5 Å². The highest BCUT2D eigenvalue weighted by Gasteiger charge is 2.42. The van der Waals surface area contributed by atoms with Gasteiger partial charge in [0.15, 0.2) is 28.7 Å². The standard InChI is InChI=1S/C32H38N4O12S2/c1-35(22-7-9-25(33-15-22)20-11-27(45-3)31(37)28(12-20)46-4)17-24(18-49(39,40)41)36(2,19-50(42,43)44)23-8-10-26(34-16-23)21-13-29(47-5)32(38)30(14-21)48-6/h7-16,24H,17-19H2,1-6H3,(H3-,33,34,37,38,39,40,41,42,43,44)/p+1. The molecule has 0 aliphatic heterocycles. The highest BCUT2D eigenvalue weighted by atomic mass is 32.2. The number of pyridine rings is 2. The zero-order chi connectivity index (χ0) is 37.0. The quantitative estimate of drug-likeness (QED) is 0.102. The number of nitrogens with zero attached hydrogens (tertiary/aromatic N) is 4. The Labute approximate surface area is 290 Å². The van der Waals surface area contributed by atoms with Crippen molar-refractivity contribution >= 4 is 31.6 Å². The molecule has 0 saturated heterocycles. The minimum Gasteiger partial charge on any atom is -0.502 e. The molecule has 0 spiro atoms. The van der Waals surface area contributed by atoms with Gasteiger partial charge >= 0.3 is 10.1 Å². The number of aromatic nitrogens is 2. The first-order valence-corrected chi connectivity index (χ1v) is 17.9. The van der Waals surface area contributed by atoms with Crippen molar-refractivity contribution in [3.63, 3.8) is 0 Å². The molecular formula is C32H39N4O12S2+. The Morgan fingerprint density at radius 1 is 0.720 bits per heavy atom. The summed E-state index contributed by atoms with van der Waals surface area (Å²) in [5.74, 6) is -1.61. The molecule has 0 amide bonds. The molecule has 0 aliphatic rings. The van der Waals surface area contributed by atoms with Gasteiger partial charge in [-0.2, -0.15) is 16.8 Å². The van der Waals surface area contributed by atoms with Crippen molar-refractivity contribution in [3.05, 3.63) is 60.9 Å². The van der Waals surface area contributed by atoms with Crippen molar-refractivity contribution in [3.8, 4) is 57.0 Å². The third kappa shape index (κ3) is 8.64. The fraction of sp³-hybridized carbons (Fsp3) is 0.312. The van der Waals surface area contributed by atoms with E-state index in [0.29, 0.717) is 28.2 Å². The second-order valence-electron chi connectivity index (χ2n) is 11.5. The van der Waals surface area contributed by atoms with Gasteiger partial charge in [-0.3, -0.25) is 23.6 Å². The highest BCUT2D eigenvalue weighted by molar-refractivity contribution is 7.86. The van der Waals surface area contributed by atoms with Crippen LogP contribution in [-0.2, 0) is 20.2 Å². The van der Waals surface area contributed by atoms with Crippen LogP contribution in [0.5, 0.6) is 34.5 Å². The summed E-state index contributed by atoms with van der Waals surface area (Å²) in [6, 6.07) is 11.5. The van der Waals surface area contributed by atoms with E-state index in [1.54, 1.807) is 42.3 Å². The van der Waals surface area contributed by atoms with Crippen molar-refractivity contribution in [2.45, 2.75) is 6.04 Å². The van der Waals surface area contributed by atoms with Crippen LogP contribution in [0.4, 0.5) is 11.4 Å². The zero-order valence-electron chi connectivity index (χ0n) is 28.1. The Kier molecular flexibility index (Phi) is 11.3. The second-order valence-corrected chi connectivity index (χ2v) is 14.4. The van der Waals surface area contributed by atoms with Gasteiger partial charge in [0, 0.05) is 24.2 Å². The summed E-state index contributed by atoms with van der Waals surface area (Å²) in [5.41, 5.74) is 2.65. The molecule has 16 nitrogen and oxygen atoms in total. The van der Waals surface area contributed by atoms with Crippen LogP contribution in [-0.4, -0.2) is 113 Å². The molecule has 4 rings (SSSR count). The average molecular weight is 736 g/mol. The molecule has 4 N–H and O–H groups in total. The molecule has 2 aromatic carbocycles. The van der Waals surface area contributed by atoms with E-state index in [1.807, 2.05) is 0 Å². The van der Waals surface area contributed by atoms with E-state index in [9.17, 15) is 36.2 Å². The van der Waals surface area contributed by atoms with Crippen molar-refractivity contribution in [1.82, 2.24) is 14.5 Å². The summed E-state index contributed by atoms with van der Waals surface area (Å²) < 4.78 is 89.7. The summed E-state index contributed by atoms with van der Waals surface area (Å²) in [6.45, 7) is -0.137. The molecule has 270 valence electrons. The fourth-order valence-electron chi connectivity index (χ4n) is 5.52. The Bertz CT molecular complexity index is 1990. The normalized spacial score (nSPS) is 13.6. The number of ether oxygens (including phenoxy) is 4. The maximum absolute atomic E-state index is 12.4. The van der Waals surface area contributed by atoms with Crippen LogP contribution < -0.4 is 28.3 Å². The van der Waals surface area contributed by atoms with Gasteiger partial charge in [-0.05, 0) is 42.5 Å². The number of likely N-dealkylation sites (N-methyl/N-ethyl adjacent to an activating group) is 2. The van der Waals surface area contributed by atoms with E-state index in [0.717, 1.165) is 0 Å². The summed E-state index contributed by atoms with van der Waals surface area (Å²) in [5, 5.41) is 20.6. The van der Waals surface area contributed by atoms with Crippen LogP contribution in [0.15, 0.2) is 60.9 Å². The first-order chi connectivity index (χ1) is 23.4. The molecule has 50 heavy (non-hydrogen) atoms. The lowest BCUT2D eigenvalue weighted by molar-refractivity contribution is 0.283. The number of benzene rings is 2. The Hall–Kier alpha value is -4.88. The number of aromatic hydroxyl groups is 2. The molecular weight excluding hydrogens is 697 g/mol. The van der Waals surface area contributed by atoms with Crippen LogP contribution in [0.1, 0.15) is 0 Å². The molecule has 4 aromatic rings. The Balaban J connectivity index is 1.72. The van der Waals surface area contributed by atoms with Crippen LogP contribution in [0.25, 0.3) is 22.5 Å². The number of quaternary nitrogens is 1. The van der Waals surface area contributed by atoms with Gasteiger partial charge in [-0.1, -0.05) is 0 Å². The van der Waals surface area contributed by atoms with Gasteiger partial charge in [0.2, 0.25) is 17.4 Å². The monoisotopic (exact) mass is 735 g/mol. The average Bonchev–Trinajstić information content (AvgIpc) is 3.07. The molecule has 0 bridgehead atoms. The molecule has 2 unspecified atom stereocenters. The predicted molar refractivity (Wildman–Crippen MR) is 186 cm³/mol. The first-order valence-electron chi connectivity index (χ1n) is 14.7. The summed E-state index contributed by atoms with van der Waals surface area (Å²) in [6.07, 6.45) is 2.84. The first kappa shape index (κ1) is 37.9. The predicted octanol–water partition coefficient (Wildman–Crippen LogP) is 3.43. The van der Waals surface area contributed by atoms with Gasteiger partial charge in [-0.25, -0.2) is 0 Å². The van der Waals surface area contributed by atoms with E-state index in [2.05, 4.69) is 9.97 Å². The molecule has 0 radical (unpaired) electrons. The minimum absolute atomic E-state index is 0.124.